The standard InChI is InChI=1S/C24H21NO6/c1-15-17(12-16-4-2-3-5-20(16)29-15)13-22-23(26)19-7-6-18(14-21(19)31-22)30-24(27)25-8-10-28-11-9-25/h2-7,12-15H,8-11H2,1H3/b22-13+/t15-/m0/s1. The third-order valence-electron chi connectivity index (χ3n) is 5.43. The molecule has 7 nitrogen and oxygen atoms in total. The van der Waals surface area contributed by atoms with Crippen molar-refractivity contribution in [3.05, 3.63) is 71.0 Å². The summed E-state index contributed by atoms with van der Waals surface area (Å²) < 4.78 is 22.4. The van der Waals surface area contributed by atoms with E-state index in [1.807, 2.05) is 37.3 Å². The van der Waals surface area contributed by atoms with Crippen LogP contribution in [0.1, 0.15) is 22.8 Å². The Morgan fingerprint density at radius 1 is 1.13 bits per heavy atom. The van der Waals surface area contributed by atoms with E-state index >= 15 is 0 Å². The monoisotopic (exact) mass is 419 g/mol. The molecule has 31 heavy (non-hydrogen) atoms. The first-order valence-electron chi connectivity index (χ1n) is 10.2. The van der Waals surface area contributed by atoms with Crippen molar-refractivity contribution < 1.29 is 28.5 Å². The van der Waals surface area contributed by atoms with Gasteiger partial charge in [-0.05, 0) is 42.8 Å². The van der Waals surface area contributed by atoms with Crippen molar-refractivity contribution in [1.82, 2.24) is 4.90 Å². The molecule has 0 saturated carbocycles. The fourth-order valence-corrected chi connectivity index (χ4v) is 3.71. The first-order chi connectivity index (χ1) is 15.1. The summed E-state index contributed by atoms with van der Waals surface area (Å²) in [5.74, 6) is 1.51. The Kier molecular flexibility index (Phi) is 4.95. The van der Waals surface area contributed by atoms with Crippen LogP contribution in [-0.4, -0.2) is 49.2 Å². The van der Waals surface area contributed by atoms with E-state index in [4.69, 9.17) is 18.9 Å². The number of morpholine rings is 1. The van der Waals surface area contributed by atoms with Gasteiger partial charge in [-0.15, -0.1) is 0 Å². The predicted molar refractivity (Wildman–Crippen MR) is 112 cm³/mol. The first-order valence-corrected chi connectivity index (χ1v) is 10.2. The molecule has 0 radical (unpaired) electrons. The second-order valence-corrected chi connectivity index (χ2v) is 7.51. The van der Waals surface area contributed by atoms with Crippen LogP contribution >= 0.6 is 0 Å². The van der Waals surface area contributed by atoms with Gasteiger partial charge in [0.2, 0.25) is 5.78 Å². The minimum Gasteiger partial charge on any atom is -0.485 e. The van der Waals surface area contributed by atoms with Crippen LogP contribution in [0, 0.1) is 0 Å². The molecule has 0 aromatic heterocycles. The van der Waals surface area contributed by atoms with E-state index in [9.17, 15) is 9.59 Å². The molecule has 0 N–H and O–H groups in total. The zero-order valence-electron chi connectivity index (χ0n) is 17.0. The average Bonchev–Trinajstić information content (AvgIpc) is 3.09. The zero-order chi connectivity index (χ0) is 21.4. The molecule has 1 atom stereocenters. The summed E-state index contributed by atoms with van der Waals surface area (Å²) in [5, 5.41) is 0. The summed E-state index contributed by atoms with van der Waals surface area (Å²) in [5.41, 5.74) is 2.23. The van der Waals surface area contributed by atoms with Gasteiger partial charge in [-0.25, -0.2) is 4.79 Å². The SMILES string of the molecule is C[C@@H]1Oc2ccccc2C=C1/C=C1/Oc2cc(OC(=O)N3CCOCC3)ccc2C1=O. The number of hydrogen-bond donors (Lipinski definition) is 0. The maximum absolute atomic E-state index is 12.8. The Morgan fingerprint density at radius 3 is 2.77 bits per heavy atom. The van der Waals surface area contributed by atoms with E-state index < -0.39 is 6.09 Å². The molecule has 0 aliphatic carbocycles. The highest BCUT2D eigenvalue weighted by Crippen LogP contribution is 2.36. The van der Waals surface area contributed by atoms with Gasteiger partial charge in [-0.2, -0.15) is 0 Å². The number of nitrogens with zero attached hydrogens (tertiary/aromatic N) is 1. The second kappa shape index (κ2) is 7.92. The van der Waals surface area contributed by atoms with Crippen LogP contribution in [0.5, 0.6) is 17.2 Å². The molecule has 3 aliphatic rings. The molecule has 158 valence electrons. The number of ether oxygens (including phenoxy) is 4. The Balaban J connectivity index is 1.35. The van der Waals surface area contributed by atoms with E-state index in [2.05, 4.69) is 0 Å². The number of hydrogen-bond acceptors (Lipinski definition) is 6. The van der Waals surface area contributed by atoms with Gasteiger partial charge in [-0.3, -0.25) is 4.79 Å². The minimum absolute atomic E-state index is 0.215. The van der Waals surface area contributed by atoms with Crippen LogP contribution in [0.15, 0.2) is 59.9 Å². The van der Waals surface area contributed by atoms with Crippen LogP contribution in [0.25, 0.3) is 6.08 Å². The molecule has 1 saturated heterocycles. The van der Waals surface area contributed by atoms with Gasteiger partial charge in [0.1, 0.15) is 23.4 Å². The van der Waals surface area contributed by atoms with Crippen LogP contribution < -0.4 is 14.2 Å². The molecule has 3 heterocycles. The van der Waals surface area contributed by atoms with Crippen molar-refractivity contribution in [3.63, 3.8) is 0 Å². The van der Waals surface area contributed by atoms with Crippen molar-refractivity contribution in [2.24, 2.45) is 0 Å². The maximum Gasteiger partial charge on any atom is 0.415 e. The van der Waals surface area contributed by atoms with E-state index in [1.54, 1.807) is 29.2 Å². The van der Waals surface area contributed by atoms with Crippen molar-refractivity contribution in [2.75, 3.05) is 26.3 Å². The summed E-state index contributed by atoms with van der Waals surface area (Å²) in [7, 11) is 0. The Morgan fingerprint density at radius 2 is 1.94 bits per heavy atom. The molecule has 3 aliphatic heterocycles. The van der Waals surface area contributed by atoms with E-state index in [-0.39, 0.29) is 17.6 Å². The van der Waals surface area contributed by atoms with E-state index in [1.165, 1.54) is 0 Å². The predicted octanol–water partition coefficient (Wildman–Crippen LogP) is 3.84. The number of amides is 1. The lowest BCUT2D eigenvalue weighted by atomic mass is 10.0. The van der Waals surface area contributed by atoms with Gasteiger partial charge in [0.15, 0.2) is 5.76 Å². The number of fused-ring (bicyclic) bond motifs is 2. The number of Topliss-reactive ketones (excluding diaryl/α,β-unsaturated/α-hetero) is 1. The molecule has 1 amide bonds. The Bertz CT molecular complexity index is 1110. The minimum atomic E-state index is -0.444. The number of allylic oxidation sites excluding steroid dienone is 1. The topological polar surface area (TPSA) is 74.3 Å². The molecular weight excluding hydrogens is 398 g/mol. The van der Waals surface area contributed by atoms with Crippen LogP contribution in [0.3, 0.4) is 0 Å². The third-order valence-corrected chi connectivity index (χ3v) is 5.43. The van der Waals surface area contributed by atoms with Crippen molar-refractivity contribution in [3.8, 4) is 17.2 Å². The van der Waals surface area contributed by atoms with Crippen molar-refractivity contribution in [1.29, 1.82) is 0 Å². The fourth-order valence-electron chi connectivity index (χ4n) is 3.71. The van der Waals surface area contributed by atoms with E-state index in [0.717, 1.165) is 16.9 Å². The smallest absolute Gasteiger partial charge is 0.415 e. The third kappa shape index (κ3) is 3.80. The number of para-hydroxylation sites is 1. The molecule has 7 heteroatoms. The molecule has 2 aromatic carbocycles. The number of ketones is 1. The molecule has 1 fully saturated rings. The Labute approximate surface area is 179 Å². The average molecular weight is 419 g/mol. The highest BCUT2D eigenvalue weighted by Gasteiger charge is 2.30. The summed E-state index contributed by atoms with van der Waals surface area (Å²) in [6, 6.07) is 12.5. The van der Waals surface area contributed by atoms with Gasteiger partial charge in [0.25, 0.3) is 0 Å². The van der Waals surface area contributed by atoms with Gasteiger partial charge < -0.3 is 23.8 Å². The van der Waals surface area contributed by atoms with Crippen molar-refractivity contribution >= 4 is 18.0 Å². The largest absolute Gasteiger partial charge is 0.485 e. The fraction of sp³-hybridized carbons (Fsp3) is 0.250. The van der Waals surface area contributed by atoms with Crippen molar-refractivity contribution in [2.45, 2.75) is 13.0 Å². The van der Waals surface area contributed by atoms with Crippen LogP contribution in [-0.2, 0) is 4.74 Å². The highest BCUT2D eigenvalue weighted by atomic mass is 16.6. The zero-order valence-corrected chi connectivity index (χ0v) is 17.0. The normalized spacial score (nSPS) is 21.0. The number of benzene rings is 2. The number of carbonyl (C=O) groups excluding carboxylic acids is 2. The molecule has 2 aromatic rings. The maximum atomic E-state index is 12.8. The number of carbonyl (C=O) groups is 2. The summed E-state index contributed by atoms with van der Waals surface area (Å²) in [6.45, 7) is 3.89. The van der Waals surface area contributed by atoms with Gasteiger partial charge >= 0.3 is 6.09 Å². The van der Waals surface area contributed by atoms with Gasteiger partial charge in [0.05, 0.1) is 18.8 Å². The summed E-state index contributed by atoms with van der Waals surface area (Å²) in [6.07, 6.45) is 3.04. The van der Waals surface area contributed by atoms with Crippen LogP contribution in [0.4, 0.5) is 4.79 Å². The summed E-state index contributed by atoms with van der Waals surface area (Å²) >= 11 is 0. The lowest BCUT2D eigenvalue weighted by Crippen LogP contribution is -2.42. The van der Waals surface area contributed by atoms with Gasteiger partial charge in [0, 0.05) is 24.7 Å². The van der Waals surface area contributed by atoms with Gasteiger partial charge in [-0.1, -0.05) is 18.2 Å². The molecule has 0 bridgehead atoms. The first kappa shape index (κ1) is 19.4. The highest BCUT2D eigenvalue weighted by molar-refractivity contribution is 6.12. The quantitative estimate of drug-likeness (QED) is 0.689. The Hall–Kier alpha value is -3.58. The van der Waals surface area contributed by atoms with E-state index in [0.29, 0.717) is 43.4 Å². The molecule has 0 unspecified atom stereocenters. The molecule has 5 rings (SSSR count). The lowest BCUT2D eigenvalue weighted by molar-refractivity contribution is 0.0416. The number of rotatable bonds is 2. The summed E-state index contributed by atoms with van der Waals surface area (Å²) in [4.78, 5) is 26.7. The molecule has 0 spiro atoms. The van der Waals surface area contributed by atoms with Crippen LogP contribution in [0.2, 0.25) is 0 Å². The second-order valence-electron chi connectivity index (χ2n) is 7.51. The molecular formula is C24H21NO6. The lowest BCUT2D eigenvalue weighted by Gasteiger charge is -2.25.